The molecule has 31 heavy (non-hydrogen) atoms. The Morgan fingerprint density at radius 1 is 1.03 bits per heavy atom. The average Bonchev–Trinajstić information content (AvgIpc) is 2.82. The van der Waals surface area contributed by atoms with Gasteiger partial charge < -0.3 is 14.8 Å². The van der Waals surface area contributed by atoms with Crippen LogP contribution in [-0.4, -0.2) is 34.1 Å². The van der Waals surface area contributed by atoms with Crippen LogP contribution in [0.25, 0.3) is 0 Å². The number of hydrogen-bond acceptors (Lipinski definition) is 5. The largest absolute Gasteiger partial charge is 0.497 e. The molecule has 1 amide bonds. The fourth-order valence-corrected chi connectivity index (χ4v) is 4.82. The number of hydrogen-bond donors (Lipinski definition) is 1. The van der Waals surface area contributed by atoms with E-state index in [4.69, 9.17) is 9.47 Å². The molecule has 0 aromatic heterocycles. The van der Waals surface area contributed by atoms with Gasteiger partial charge in [-0.3, -0.25) is 9.10 Å². The first kappa shape index (κ1) is 20.7. The number of nitrogens with one attached hydrogen (secondary N) is 1. The summed E-state index contributed by atoms with van der Waals surface area (Å²) < 4.78 is 39.0. The van der Waals surface area contributed by atoms with Crippen LogP contribution in [0.1, 0.15) is 5.56 Å². The highest BCUT2D eigenvalue weighted by Crippen LogP contribution is 2.37. The SMILES string of the molecule is COc1ccc(S(=O)(=O)N2C[C@@H](C(=O)NCc3ccccc3)Oc3ccccc32)cc1. The number of para-hydroxylation sites is 2. The third-order valence-electron chi connectivity index (χ3n) is 4.98. The number of ether oxygens (including phenoxy) is 2. The maximum Gasteiger partial charge on any atom is 0.264 e. The summed E-state index contributed by atoms with van der Waals surface area (Å²) in [4.78, 5) is 12.9. The zero-order valence-electron chi connectivity index (χ0n) is 16.9. The van der Waals surface area contributed by atoms with Gasteiger partial charge in [0, 0.05) is 6.54 Å². The molecular formula is C23H22N2O5S. The van der Waals surface area contributed by atoms with Crippen molar-refractivity contribution in [2.45, 2.75) is 17.5 Å². The molecule has 3 aromatic rings. The number of methoxy groups -OCH3 is 1. The van der Waals surface area contributed by atoms with Crippen molar-refractivity contribution in [2.75, 3.05) is 18.0 Å². The van der Waals surface area contributed by atoms with Crippen molar-refractivity contribution in [1.82, 2.24) is 5.32 Å². The van der Waals surface area contributed by atoms with Gasteiger partial charge >= 0.3 is 0 Å². The first-order valence-electron chi connectivity index (χ1n) is 9.73. The molecule has 1 heterocycles. The predicted molar refractivity (Wildman–Crippen MR) is 117 cm³/mol. The number of anilines is 1. The Kier molecular flexibility index (Phi) is 5.81. The van der Waals surface area contributed by atoms with Gasteiger partial charge in [0.05, 0.1) is 24.2 Å². The van der Waals surface area contributed by atoms with Crippen molar-refractivity contribution in [3.05, 3.63) is 84.4 Å². The number of carbonyl (C=O) groups excluding carboxylic acids is 1. The summed E-state index contributed by atoms with van der Waals surface area (Å²) in [6.45, 7) is 0.193. The first-order chi connectivity index (χ1) is 15.0. The number of benzene rings is 3. The van der Waals surface area contributed by atoms with Crippen molar-refractivity contribution < 1.29 is 22.7 Å². The molecule has 0 saturated carbocycles. The molecule has 0 unspecified atom stereocenters. The number of amides is 1. The second-order valence-electron chi connectivity index (χ2n) is 6.99. The number of nitrogens with zero attached hydrogens (tertiary/aromatic N) is 1. The number of carbonyl (C=O) groups is 1. The monoisotopic (exact) mass is 438 g/mol. The molecule has 1 aliphatic rings. The summed E-state index contributed by atoms with van der Waals surface area (Å²) in [6.07, 6.45) is -0.980. The zero-order chi connectivity index (χ0) is 21.8. The lowest BCUT2D eigenvalue weighted by atomic mass is 10.2. The van der Waals surface area contributed by atoms with Gasteiger partial charge in [-0.1, -0.05) is 42.5 Å². The lowest BCUT2D eigenvalue weighted by Gasteiger charge is -2.34. The molecule has 160 valence electrons. The molecule has 0 fully saturated rings. The van der Waals surface area contributed by atoms with Crippen molar-refractivity contribution in [1.29, 1.82) is 0 Å². The van der Waals surface area contributed by atoms with E-state index in [1.165, 1.54) is 23.5 Å². The Morgan fingerprint density at radius 3 is 2.42 bits per heavy atom. The van der Waals surface area contributed by atoms with E-state index in [1.807, 2.05) is 30.3 Å². The van der Waals surface area contributed by atoms with Gasteiger partial charge in [0.1, 0.15) is 11.5 Å². The van der Waals surface area contributed by atoms with Crippen molar-refractivity contribution in [3.8, 4) is 11.5 Å². The molecule has 4 rings (SSSR count). The third kappa shape index (κ3) is 4.34. The molecule has 0 spiro atoms. The number of fused-ring (bicyclic) bond motifs is 1. The molecule has 1 N–H and O–H groups in total. The van der Waals surface area contributed by atoms with Crippen LogP contribution in [0.3, 0.4) is 0 Å². The fraction of sp³-hybridized carbons (Fsp3) is 0.174. The molecule has 1 aliphatic heterocycles. The third-order valence-corrected chi connectivity index (χ3v) is 6.78. The van der Waals surface area contributed by atoms with Gasteiger partial charge in [0.25, 0.3) is 15.9 Å². The molecule has 0 saturated heterocycles. The topological polar surface area (TPSA) is 84.9 Å². The van der Waals surface area contributed by atoms with Crippen molar-refractivity contribution in [2.24, 2.45) is 0 Å². The fourth-order valence-electron chi connectivity index (χ4n) is 3.34. The Bertz CT molecular complexity index is 1160. The van der Waals surface area contributed by atoms with E-state index in [0.29, 0.717) is 23.7 Å². The van der Waals surface area contributed by atoms with Crippen LogP contribution in [0.2, 0.25) is 0 Å². The van der Waals surface area contributed by atoms with E-state index >= 15 is 0 Å². The van der Waals surface area contributed by atoms with E-state index in [2.05, 4.69) is 5.32 Å². The Labute approximate surface area is 181 Å². The second-order valence-corrected chi connectivity index (χ2v) is 8.85. The van der Waals surface area contributed by atoms with E-state index in [0.717, 1.165) is 5.56 Å². The van der Waals surface area contributed by atoms with Gasteiger partial charge in [0.2, 0.25) is 0 Å². The summed E-state index contributed by atoms with van der Waals surface area (Å²) in [5.74, 6) is 0.512. The molecule has 0 bridgehead atoms. The highest BCUT2D eigenvalue weighted by Gasteiger charge is 2.37. The molecule has 1 atom stereocenters. The Morgan fingerprint density at radius 2 is 1.71 bits per heavy atom. The lowest BCUT2D eigenvalue weighted by Crippen LogP contribution is -2.50. The minimum Gasteiger partial charge on any atom is -0.497 e. The van der Waals surface area contributed by atoms with Crippen LogP contribution in [0.4, 0.5) is 5.69 Å². The Balaban J connectivity index is 1.60. The summed E-state index contributed by atoms with van der Waals surface area (Å²) >= 11 is 0. The standard InChI is InChI=1S/C23H22N2O5S/c1-29-18-11-13-19(14-12-18)31(27,28)25-16-22(30-21-10-6-5-9-20(21)25)23(26)24-15-17-7-3-2-4-8-17/h2-14,22H,15-16H2,1H3,(H,24,26)/t22-/m0/s1. The highest BCUT2D eigenvalue weighted by molar-refractivity contribution is 7.92. The number of rotatable bonds is 6. The number of sulfonamides is 1. The smallest absolute Gasteiger partial charge is 0.264 e. The van der Waals surface area contributed by atoms with E-state index in [1.54, 1.807) is 36.4 Å². The zero-order valence-corrected chi connectivity index (χ0v) is 17.7. The minimum absolute atomic E-state index is 0.105. The van der Waals surface area contributed by atoms with Gasteiger partial charge in [-0.25, -0.2) is 8.42 Å². The van der Waals surface area contributed by atoms with Crippen molar-refractivity contribution >= 4 is 21.6 Å². The summed E-state index contributed by atoms with van der Waals surface area (Å²) in [6, 6.07) is 22.4. The van der Waals surface area contributed by atoms with Crippen molar-refractivity contribution in [3.63, 3.8) is 0 Å². The van der Waals surface area contributed by atoms with Crippen LogP contribution in [0, 0.1) is 0 Å². The summed E-state index contributed by atoms with van der Waals surface area (Å²) in [7, 11) is -2.40. The van der Waals surface area contributed by atoms with E-state index in [9.17, 15) is 13.2 Å². The van der Waals surface area contributed by atoms with Crippen LogP contribution in [0.15, 0.2) is 83.8 Å². The van der Waals surface area contributed by atoms with Gasteiger partial charge in [-0.05, 0) is 42.0 Å². The minimum atomic E-state index is -3.92. The van der Waals surface area contributed by atoms with E-state index in [-0.39, 0.29) is 17.3 Å². The van der Waals surface area contributed by atoms with Crippen LogP contribution >= 0.6 is 0 Å². The second kappa shape index (κ2) is 8.69. The molecule has 0 aliphatic carbocycles. The van der Waals surface area contributed by atoms with Gasteiger partial charge in [-0.15, -0.1) is 0 Å². The quantitative estimate of drug-likeness (QED) is 0.640. The highest BCUT2D eigenvalue weighted by atomic mass is 32.2. The first-order valence-corrected chi connectivity index (χ1v) is 11.2. The summed E-state index contributed by atoms with van der Waals surface area (Å²) in [5.41, 5.74) is 1.33. The predicted octanol–water partition coefficient (Wildman–Crippen LogP) is 2.97. The maximum atomic E-state index is 13.4. The van der Waals surface area contributed by atoms with Gasteiger partial charge in [0.15, 0.2) is 6.10 Å². The summed E-state index contributed by atoms with van der Waals surface area (Å²) in [5, 5.41) is 2.82. The average molecular weight is 439 g/mol. The van der Waals surface area contributed by atoms with Gasteiger partial charge in [-0.2, -0.15) is 0 Å². The normalized spacial score (nSPS) is 15.5. The lowest BCUT2D eigenvalue weighted by molar-refractivity contribution is -0.127. The van der Waals surface area contributed by atoms with E-state index < -0.39 is 16.1 Å². The van der Waals surface area contributed by atoms with Crippen LogP contribution in [0.5, 0.6) is 11.5 Å². The molecule has 3 aromatic carbocycles. The van der Waals surface area contributed by atoms with Crippen LogP contribution < -0.4 is 19.1 Å². The maximum absolute atomic E-state index is 13.4. The molecule has 0 radical (unpaired) electrons. The van der Waals surface area contributed by atoms with Crippen LogP contribution in [-0.2, 0) is 21.4 Å². The molecule has 8 heteroatoms. The Hall–Kier alpha value is -3.52. The molecule has 7 nitrogen and oxygen atoms in total. The molecular weight excluding hydrogens is 416 g/mol.